The molecule has 0 aliphatic heterocycles. The SMILES string of the molecule is CC1CCCC/C1=N\NC(=O)COc1cc(Cl)c(Cl)cc1Cl. The minimum atomic E-state index is -0.340. The topological polar surface area (TPSA) is 50.7 Å². The van der Waals surface area contributed by atoms with E-state index in [0.29, 0.717) is 26.7 Å². The second kappa shape index (κ2) is 8.04. The lowest BCUT2D eigenvalue weighted by Crippen LogP contribution is -2.28. The highest BCUT2D eigenvalue weighted by molar-refractivity contribution is 6.43. The third kappa shape index (κ3) is 4.77. The van der Waals surface area contributed by atoms with Crippen LogP contribution in [-0.2, 0) is 4.79 Å². The smallest absolute Gasteiger partial charge is 0.277 e. The standard InChI is InChI=1S/C15H17Cl3N2O2/c1-9-4-2-3-5-13(9)19-20-15(21)8-22-14-7-11(17)10(16)6-12(14)18/h6-7,9H,2-5,8H2,1H3,(H,20,21)/b19-13+. The molecule has 0 spiro atoms. The molecule has 1 amide bonds. The molecule has 4 nitrogen and oxygen atoms in total. The number of ether oxygens (including phenoxy) is 1. The largest absolute Gasteiger partial charge is 0.482 e. The van der Waals surface area contributed by atoms with Gasteiger partial charge in [0.25, 0.3) is 5.91 Å². The van der Waals surface area contributed by atoms with Gasteiger partial charge in [-0.3, -0.25) is 4.79 Å². The maximum atomic E-state index is 11.8. The van der Waals surface area contributed by atoms with Crippen molar-refractivity contribution >= 4 is 46.4 Å². The van der Waals surface area contributed by atoms with Crippen molar-refractivity contribution in [2.45, 2.75) is 32.6 Å². The highest BCUT2D eigenvalue weighted by atomic mass is 35.5. The zero-order chi connectivity index (χ0) is 16.1. The molecular weight excluding hydrogens is 347 g/mol. The van der Waals surface area contributed by atoms with Crippen molar-refractivity contribution in [3.8, 4) is 5.75 Å². The number of rotatable bonds is 4. The Labute approximate surface area is 144 Å². The fraction of sp³-hybridized carbons (Fsp3) is 0.467. The van der Waals surface area contributed by atoms with E-state index in [0.717, 1.165) is 25.0 Å². The monoisotopic (exact) mass is 362 g/mol. The third-order valence-corrected chi connectivity index (χ3v) is 4.56. The van der Waals surface area contributed by atoms with E-state index < -0.39 is 0 Å². The van der Waals surface area contributed by atoms with Gasteiger partial charge in [-0.25, -0.2) is 5.43 Å². The van der Waals surface area contributed by atoms with Gasteiger partial charge in [-0.15, -0.1) is 0 Å². The van der Waals surface area contributed by atoms with E-state index in [1.165, 1.54) is 18.6 Å². The minimum absolute atomic E-state index is 0.192. The number of hydrogen-bond donors (Lipinski definition) is 1. The Bertz CT molecular complexity index is 590. The molecule has 1 aliphatic rings. The molecular formula is C15H17Cl3N2O2. The average Bonchev–Trinajstić information content (AvgIpc) is 2.49. The van der Waals surface area contributed by atoms with E-state index in [1.807, 2.05) is 0 Å². The second-order valence-electron chi connectivity index (χ2n) is 5.27. The Morgan fingerprint density at radius 1 is 1.27 bits per heavy atom. The number of amides is 1. The summed E-state index contributed by atoms with van der Waals surface area (Å²) in [6.07, 6.45) is 4.38. The molecule has 7 heteroatoms. The number of carbonyl (C=O) groups excluding carboxylic acids is 1. The summed E-state index contributed by atoms with van der Waals surface area (Å²) in [5.41, 5.74) is 3.55. The Hall–Kier alpha value is -0.970. The third-order valence-electron chi connectivity index (χ3n) is 3.55. The highest BCUT2D eigenvalue weighted by Crippen LogP contribution is 2.33. The van der Waals surface area contributed by atoms with Crippen LogP contribution in [0.3, 0.4) is 0 Å². The Balaban J connectivity index is 1.88. The van der Waals surface area contributed by atoms with Crippen LogP contribution in [0.15, 0.2) is 17.2 Å². The number of hydrazone groups is 1. The predicted molar refractivity (Wildman–Crippen MR) is 90.2 cm³/mol. The molecule has 1 aromatic rings. The zero-order valence-corrected chi connectivity index (χ0v) is 14.4. The molecule has 1 unspecified atom stereocenters. The van der Waals surface area contributed by atoms with Crippen molar-refractivity contribution in [2.24, 2.45) is 11.0 Å². The van der Waals surface area contributed by atoms with Crippen LogP contribution in [0.5, 0.6) is 5.75 Å². The molecule has 22 heavy (non-hydrogen) atoms. The van der Waals surface area contributed by atoms with E-state index in [2.05, 4.69) is 17.5 Å². The van der Waals surface area contributed by atoms with Gasteiger partial charge in [0.2, 0.25) is 0 Å². The highest BCUT2D eigenvalue weighted by Gasteiger charge is 2.16. The summed E-state index contributed by atoms with van der Waals surface area (Å²) >= 11 is 17.7. The van der Waals surface area contributed by atoms with Crippen molar-refractivity contribution in [1.29, 1.82) is 0 Å². The van der Waals surface area contributed by atoms with E-state index >= 15 is 0 Å². The average molecular weight is 364 g/mol. The fourth-order valence-electron chi connectivity index (χ4n) is 2.26. The first-order valence-electron chi connectivity index (χ1n) is 7.10. The van der Waals surface area contributed by atoms with Gasteiger partial charge in [-0.05, 0) is 31.2 Å². The molecule has 0 heterocycles. The van der Waals surface area contributed by atoms with E-state index in [-0.39, 0.29) is 12.5 Å². The normalized spacial score (nSPS) is 20.0. The van der Waals surface area contributed by atoms with Crippen LogP contribution in [-0.4, -0.2) is 18.2 Å². The predicted octanol–water partition coefficient (Wildman–Crippen LogP) is 4.71. The van der Waals surface area contributed by atoms with Gasteiger partial charge in [0.05, 0.1) is 15.1 Å². The van der Waals surface area contributed by atoms with Gasteiger partial charge in [0.1, 0.15) is 5.75 Å². The van der Waals surface area contributed by atoms with E-state index in [4.69, 9.17) is 39.5 Å². The molecule has 0 radical (unpaired) electrons. The van der Waals surface area contributed by atoms with Gasteiger partial charge in [0.15, 0.2) is 6.61 Å². The lowest BCUT2D eigenvalue weighted by Gasteiger charge is -2.19. The van der Waals surface area contributed by atoms with E-state index in [9.17, 15) is 4.79 Å². The Kier molecular flexibility index (Phi) is 6.36. The second-order valence-corrected chi connectivity index (χ2v) is 6.49. The molecule has 120 valence electrons. The Morgan fingerprint density at radius 2 is 2.00 bits per heavy atom. The summed E-state index contributed by atoms with van der Waals surface area (Å²) in [6, 6.07) is 2.96. The number of halogens is 3. The summed E-state index contributed by atoms with van der Waals surface area (Å²) in [4.78, 5) is 11.8. The molecule has 0 saturated heterocycles. The van der Waals surface area contributed by atoms with Gasteiger partial charge < -0.3 is 4.74 Å². The molecule has 1 saturated carbocycles. The molecule has 2 rings (SSSR count). The first-order chi connectivity index (χ1) is 10.5. The van der Waals surface area contributed by atoms with Crippen molar-refractivity contribution in [3.05, 3.63) is 27.2 Å². The number of nitrogens with one attached hydrogen (secondary N) is 1. The van der Waals surface area contributed by atoms with Crippen molar-refractivity contribution in [3.63, 3.8) is 0 Å². The maximum Gasteiger partial charge on any atom is 0.277 e. The Morgan fingerprint density at radius 3 is 2.73 bits per heavy atom. The van der Waals surface area contributed by atoms with Crippen molar-refractivity contribution in [1.82, 2.24) is 5.43 Å². The van der Waals surface area contributed by atoms with Crippen LogP contribution in [0.2, 0.25) is 15.1 Å². The molecule has 1 aromatic carbocycles. The van der Waals surface area contributed by atoms with Gasteiger partial charge in [-0.2, -0.15) is 5.10 Å². The molecule has 0 aromatic heterocycles. The molecule has 1 N–H and O–H groups in total. The van der Waals surface area contributed by atoms with Crippen LogP contribution >= 0.6 is 34.8 Å². The van der Waals surface area contributed by atoms with Crippen LogP contribution in [0, 0.1) is 5.92 Å². The number of benzene rings is 1. The summed E-state index contributed by atoms with van der Waals surface area (Å²) in [6.45, 7) is 1.93. The van der Waals surface area contributed by atoms with Gasteiger partial charge in [0, 0.05) is 11.8 Å². The van der Waals surface area contributed by atoms with Crippen molar-refractivity contribution in [2.75, 3.05) is 6.61 Å². The van der Waals surface area contributed by atoms with Gasteiger partial charge in [-0.1, -0.05) is 48.1 Å². The van der Waals surface area contributed by atoms with Crippen LogP contribution in [0.4, 0.5) is 0 Å². The quantitative estimate of drug-likeness (QED) is 0.622. The molecule has 1 fully saturated rings. The van der Waals surface area contributed by atoms with Crippen LogP contribution in [0.25, 0.3) is 0 Å². The molecule has 0 bridgehead atoms. The summed E-state index contributed by atoms with van der Waals surface area (Å²) in [5.74, 6) is 0.386. The lowest BCUT2D eigenvalue weighted by atomic mass is 9.89. The fourth-order valence-corrected chi connectivity index (χ4v) is 2.85. The van der Waals surface area contributed by atoms with Gasteiger partial charge >= 0.3 is 0 Å². The summed E-state index contributed by atoms with van der Waals surface area (Å²) in [7, 11) is 0. The van der Waals surface area contributed by atoms with Crippen molar-refractivity contribution < 1.29 is 9.53 Å². The van der Waals surface area contributed by atoms with E-state index in [1.54, 1.807) is 0 Å². The number of hydrogen-bond acceptors (Lipinski definition) is 3. The first-order valence-corrected chi connectivity index (χ1v) is 8.23. The number of carbonyl (C=O) groups is 1. The lowest BCUT2D eigenvalue weighted by molar-refractivity contribution is -0.123. The summed E-state index contributed by atoms with van der Waals surface area (Å²) in [5, 5.41) is 5.14. The minimum Gasteiger partial charge on any atom is -0.482 e. The zero-order valence-electron chi connectivity index (χ0n) is 12.2. The first kappa shape index (κ1) is 17.4. The molecule has 1 aliphatic carbocycles. The molecule has 1 atom stereocenters. The summed E-state index contributed by atoms with van der Waals surface area (Å²) < 4.78 is 5.34. The van der Waals surface area contributed by atoms with Crippen LogP contribution in [0.1, 0.15) is 32.6 Å². The number of nitrogens with zero attached hydrogens (tertiary/aromatic N) is 1. The van der Waals surface area contributed by atoms with Crippen LogP contribution < -0.4 is 10.2 Å². The maximum absolute atomic E-state index is 11.8.